The van der Waals surface area contributed by atoms with E-state index in [9.17, 15) is 9.59 Å². The average molecular weight is 372 g/mol. The van der Waals surface area contributed by atoms with E-state index in [1.165, 1.54) is 17.4 Å². The Kier molecular flexibility index (Phi) is 6.58. The van der Waals surface area contributed by atoms with Gasteiger partial charge in [-0.2, -0.15) is 0 Å². The summed E-state index contributed by atoms with van der Waals surface area (Å²) in [6, 6.07) is 7.87. The van der Waals surface area contributed by atoms with Gasteiger partial charge in [0.05, 0.1) is 12.2 Å². The average Bonchev–Trinajstić information content (AvgIpc) is 2.87. The van der Waals surface area contributed by atoms with E-state index in [2.05, 4.69) is 5.32 Å². The van der Waals surface area contributed by atoms with Crippen molar-refractivity contribution in [1.29, 1.82) is 0 Å². The molecule has 2 rings (SSSR count). The highest BCUT2D eigenvalue weighted by molar-refractivity contribution is 7.16. The Hall–Kier alpha value is -2.60. The Morgan fingerprint density at radius 3 is 2.42 bits per heavy atom. The number of carbonyl (C=O) groups excluding carboxylic acids is 2. The zero-order chi connectivity index (χ0) is 19.3. The predicted octanol–water partition coefficient (Wildman–Crippen LogP) is 4.26. The van der Waals surface area contributed by atoms with Gasteiger partial charge in [0.2, 0.25) is 5.91 Å². The molecule has 0 saturated heterocycles. The Balaban J connectivity index is 2.12. The molecule has 0 aliphatic rings. The second kappa shape index (κ2) is 8.67. The van der Waals surface area contributed by atoms with Crippen molar-refractivity contribution >= 4 is 40.0 Å². The molecule has 0 unspecified atom stereocenters. The van der Waals surface area contributed by atoms with Gasteiger partial charge in [-0.15, -0.1) is 11.3 Å². The van der Waals surface area contributed by atoms with Crippen LogP contribution in [0.2, 0.25) is 0 Å². The van der Waals surface area contributed by atoms with Crippen LogP contribution in [0, 0.1) is 13.8 Å². The molecule has 1 N–H and O–H groups in total. The SMILES string of the molecule is CCOC(=O)c1c(NC(=O)/C=C\c2ccc(N(C)C)cc2)sc(C)c1C. The molecule has 26 heavy (non-hydrogen) atoms. The molecule has 0 radical (unpaired) electrons. The topological polar surface area (TPSA) is 58.6 Å². The first-order valence-electron chi connectivity index (χ1n) is 8.37. The summed E-state index contributed by atoms with van der Waals surface area (Å²) in [6.07, 6.45) is 3.20. The van der Waals surface area contributed by atoms with E-state index in [4.69, 9.17) is 4.74 Å². The zero-order valence-electron chi connectivity index (χ0n) is 15.8. The minimum Gasteiger partial charge on any atom is -0.462 e. The number of carbonyl (C=O) groups is 2. The molecule has 0 bridgehead atoms. The second-order valence-corrected chi connectivity index (χ2v) is 7.24. The summed E-state index contributed by atoms with van der Waals surface area (Å²) in [4.78, 5) is 27.4. The zero-order valence-corrected chi connectivity index (χ0v) is 16.6. The van der Waals surface area contributed by atoms with Gasteiger partial charge >= 0.3 is 5.97 Å². The highest BCUT2D eigenvalue weighted by Crippen LogP contribution is 2.33. The van der Waals surface area contributed by atoms with Gasteiger partial charge < -0.3 is 15.0 Å². The van der Waals surface area contributed by atoms with E-state index in [1.54, 1.807) is 13.0 Å². The van der Waals surface area contributed by atoms with Gasteiger partial charge in [-0.1, -0.05) is 12.1 Å². The van der Waals surface area contributed by atoms with Crippen LogP contribution in [0.4, 0.5) is 10.7 Å². The number of esters is 1. The first-order valence-corrected chi connectivity index (χ1v) is 9.18. The molecule has 1 aromatic carbocycles. The maximum atomic E-state index is 12.3. The van der Waals surface area contributed by atoms with Crippen LogP contribution in [0.15, 0.2) is 30.3 Å². The smallest absolute Gasteiger partial charge is 0.341 e. The number of amides is 1. The summed E-state index contributed by atoms with van der Waals surface area (Å²) in [5.74, 6) is -0.693. The van der Waals surface area contributed by atoms with Gasteiger partial charge in [-0.25, -0.2) is 4.79 Å². The van der Waals surface area contributed by atoms with Crippen molar-refractivity contribution in [3.8, 4) is 0 Å². The molecule has 0 fully saturated rings. The molecule has 0 aliphatic heterocycles. The lowest BCUT2D eigenvalue weighted by Gasteiger charge is -2.11. The fourth-order valence-electron chi connectivity index (χ4n) is 2.37. The lowest BCUT2D eigenvalue weighted by molar-refractivity contribution is -0.111. The lowest BCUT2D eigenvalue weighted by atomic mass is 10.1. The van der Waals surface area contributed by atoms with Gasteiger partial charge in [0.1, 0.15) is 5.00 Å². The van der Waals surface area contributed by atoms with Gasteiger partial charge in [0.25, 0.3) is 0 Å². The number of thiophene rings is 1. The number of anilines is 2. The number of aryl methyl sites for hydroxylation is 1. The van der Waals surface area contributed by atoms with Crippen LogP contribution < -0.4 is 10.2 Å². The highest BCUT2D eigenvalue weighted by atomic mass is 32.1. The molecule has 2 aromatic rings. The summed E-state index contributed by atoms with van der Waals surface area (Å²) in [5.41, 5.74) is 3.29. The minimum absolute atomic E-state index is 0.284. The molecule has 0 aliphatic carbocycles. The quantitative estimate of drug-likeness (QED) is 0.608. The summed E-state index contributed by atoms with van der Waals surface area (Å²) >= 11 is 1.38. The van der Waals surface area contributed by atoms with Crippen LogP contribution in [0.3, 0.4) is 0 Å². The van der Waals surface area contributed by atoms with E-state index < -0.39 is 5.97 Å². The standard InChI is InChI=1S/C20H24N2O3S/c1-6-25-20(24)18-13(2)14(3)26-19(18)21-17(23)12-9-15-7-10-16(11-8-15)22(4)5/h7-12H,6H2,1-5H3,(H,21,23)/b12-9-. The molecule has 1 heterocycles. The third-order valence-corrected chi connectivity index (χ3v) is 5.06. The number of nitrogens with one attached hydrogen (secondary N) is 1. The van der Waals surface area contributed by atoms with Crippen LogP contribution >= 0.6 is 11.3 Å². The normalized spacial score (nSPS) is 10.8. The third kappa shape index (κ3) is 4.73. The summed E-state index contributed by atoms with van der Waals surface area (Å²) < 4.78 is 5.10. The Labute approximate surface area is 158 Å². The maximum Gasteiger partial charge on any atom is 0.341 e. The molecule has 0 atom stereocenters. The number of hydrogen-bond donors (Lipinski definition) is 1. The number of hydrogen-bond acceptors (Lipinski definition) is 5. The van der Waals surface area contributed by atoms with E-state index in [0.717, 1.165) is 21.7 Å². The predicted molar refractivity (Wildman–Crippen MR) is 108 cm³/mol. The fraction of sp³-hybridized carbons (Fsp3) is 0.300. The summed E-state index contributed by atoms with van der Waals surface area (Å²) in [5, 5.41) is 3.32. The number of nitrogens with zero attached hydrogens (tertiary/aromatic N) is 1. The van der Waals surface area contributed by atoms with Crippen molar-refractivity contribution < 1.29 is 14.3 Å². The molecule has 1 amide bonds. The van der Waals surface area contributed by atoms with E-state index in [1.807, 2.05) is 57.1 Å². The van der Waals surface area contributed by atoms with Crippen molar-refractivity contribution in [2.45, 2.75) is 20.8 Å². The van der Waals surface area contributed by atoms with E-state index in [-0.39, 0.29) is 5.91 Å². The Bertz CT molecular complexity index is 820. The van der Waals surface area contributed by atoms with Crippen molar-refractivity contribution in [1.82, 2.24) is 0 Å². The van der Waals surface area contributed by atoms with Gasteiger partial charge in [-0.05, 0) is 50.1 Å². The lowest BCUT2D eigenvalue weighted by Crippen LogP contribution is -2.12. The molecule has 138 valence electrons. The van der Waals surface area contributed by atoms with Gasteiger partial charge in [0, 0.05) is 30.7 Å². The largest absolute Gasteiger partial charge is 0.462 e. The summed E-state index contributed by atoms with van der Waals surface area (Å²) in [6.45, 7) is 5.83. The minimum atomic E-state index is -0.409. The van der Waals surface area contributed by atoms with Crippen LogP contribution in [0.25, 0.3) is 6.08 Å². The molecule has 0 saturated carbocycles. The van der Waals surface area contributed by atoms with Gasteiger partial charge in [0.15, 0.2) is 0 Å². The number of ether oxygens (including phenoxy) is 1. The monoisotopic (exact) mass is 372 g/mol. The van der Waals surface area contributed by atoms with Crippen molar-refractivity contribution in [3.63, 3.8) is 0 Å². The molecule has 1 aromatic heterocycles. The van der Waals surface area contributed by atoms with E-state index >= 15 is 0 Å². The Morgan fingerprint density at radius 2 is 1.85 bits per heavy atom. The molecular weight excluding hydrogens is 348 g/mol. The van der Waals surface area contributed by atoms with Crippen LogP contribution in [-0.2, 0) is 9.53 Å². The van der Waals surface area contributed by atoms with E-state index in [0.29, 0.717) is 17.2 Å². The second-order valence-electron chi connectivity index (χ2n) is 6.02. The van der Waals surface area contributed by atoms with Crippen molar-refractivity contribution in [3.05, 3.63) is 51.9 Å². The third-order valence-electron chi connectivity index (χ3n) is 3.94. The Morgan fingerprint density at radius 1 is 1.19 bits per heavy atom. The van der Waals surface area contributed by atoms with Crippen LogP contribution in [0.5, 0.6) is 0 Å². The first-order chi connectivity index (χ1) is 12.3. The number of rotatable bonds is 6. The van der Waals surface area contributed by atoms with Crippen LogP contribution in [0.1, 0.15) is 33.3 Å². The van der Waals surface area contributed by atoms with Crippen molar-refractivity contribution in [2.24, 2.45) is 0 Å². The molecule has 6 heteroatoms. The number of benzene rings is 1. The molecule has 0 spiro atoms. The fourth-order valence-corrected chi connectivity index (χ4v) is 3.42. The summed E-state index contributed by atoms with van der Waals surface area (Å²) in [7, 11) is 3.95. The van der Waals surface area contributed by atoms with Crippen LogP contribution in [-0.4, -0.2) is 32.6 Å². The molecular formula is C20H24N2O3S. The van der Waals surface area contributed by atoms with Crippen molar-refractivity contribution in [2.75, 3.05) is 30.9 Å². The molecule has 5 nitrogen and oxygen atoms in total. The van der Waals surface area contributed by atoms with Gasteiger partial charge in [-0.3, -0.25) is 4.79 Å². The highest BCUT2D eigenvalue weighted by Gasteiger charge is 2.21. The maximum absolute atomic E-state index is 12.3. The first kappa shape index (κ1) is 19.7.